The number of rotatable bonds is 7. The Morgan fingerprint density at radius 2 is 2.20 bits per heavy atom. The molecule has 1 aromatic rings. The van der Waals surface area contributed by atoms with Gasteiger partial charge in [0.05, 0.1) is 16.7 Å². The van der Waals surface area contributed by atoms with E-state index in [2.05, 4.69) is 26.3 Å². The minimum atomic E-state index is -0.890. The summed E-state index contributed by atoms with van der Waals surface area (Å²) in [5.41, 5.74) is 0.985. The molecule has 0 saturated heterocycles. The normalized spacial score (nSPS) is 18.0. The van der Waals surface area contributed by atoms with Gasteiger partial charge in [0.2, 0.25) is 0 Å². The molecular weight excluding hydrogens is 322 g/mol. The number of hydrogen-bond donors (Lipinski definition) is 2. The van der Waals surface area contributed by atoms with Gasteiger partial charge in [-0.1, -0.05) is 6.92 Å². The molecule has 1 heterocycles. The second-order valence-corrected chi connectivity index (χ2v) is 6.41. The van der Waals surface area contributed by atoms with Gasteiger partial charge in [-0.2, -0.15) is 5.10 Å². The van der Waals surface area contributed by atoms with Gasteiger partial charge in [0.25, 0.3) is 0 Å². The molecule has 2 N–H and O–H groups in total. The largest absolute Gasteiger partial charge is 0.480 e. The lowest BCUT2D eigenvalue weighted by molar-refractivity contribution is -0.147. The van der Waals surface area contributed by atoms with Crippen molar-refractivity contribution in [2.24, 2.45) is 5.92 Å². The zero-order valence-corrected chi connectivity index (χ0v) is 13.8. The van der Waals surface area contributed by atoms with E-state index in [1.165, 1.54) is 0 Å². The van der Waals surface area contributed by atoms with Crippen molar-refractivity contribution in [3.05, 3.63) is 15.9 Å². The van der Waals surface area contributed by atoms with E-state index in [9.17, 15) is 9.90 Å². The summed E-state index contributed by atoms with van der Waals surface area (Å²) in [5, 5.41) is 17.5. The highest BCUT2D eigenvalue weighted by Gasteiger charge is 2.51. The Kier molecular flexibility index (Phi) is 4.54. The molecule has 6 heteroatoms. The summed E-state index contributed by atoms with van der Waals surface area (Å²) in [4.78, 5) is 11.9. The molecule has 0 aromatic carbocycles. The van der Waals surface area contributed by atoms with Crippen molar-refractivity contribution in [1.82, 2.24) is 15.1 Å². The Morgan fingerprint density at radius 3 is 2.60 bits per heavy atom. The molecular formula is C14H22BrN3O2. The number of halogens is 1. The van der Waals surface area contributed by atoms with Crippen molar-refractivity contribution < 1.29 is 9.90 Å². The number of carbonyl (C=O) groups is 1. The van der Waals surface area contributed by atoms with Crippen molar-refractivity contribution in [2.75, 3.05) is 6.54 Å². The summed E-state index contributed by atoms with van der Waals surface area (Å²) < 4.78 is 2.78. The predicted octanol–water partition coefficient (Wildman–Crippen LogP) is 2.50. The highest BCUT2D eigenvalue weighted by Crippen LogP contribution is 2.41. The fourth-order valence-corrected chi connectivity index (χ4v) is 2.92. The van der Waals surface area contributed by atoms with Gasteiger partial charge < -0.3 is 10.4 Å². The van der Waals surface area contributed by atoms with Crippen LogP contribution in [0.15, 0.2) is 4.47 Å². The minimum absolute atomic E-state index is 0.203. The molecule has 1 aliphatic rings. The topological polar surface area (TPSA) is 67.2 Å². The van der Waals surface area contributed by atoms with Gasteiger partial charge in [0.1, 0.15) is 5.54 Å². The molecule has 1 saturated carbocycles. The van der Waals surface area contributed by atoms with Gasteiger partial charge in [-0.25, -0.2) is 0 Å². The summed E-state index contributed by atoms with van der Waals surface area (Å²) in [6.45, 7) is 7.02. The van der Waals surface area contributed by atoms with Crippen LogP contribution in [0.5, 0.6) is 0 Å². The van der Waals surface area contributed by atoms with E-state index in [1.807, 2.05) is 25.5 Å². The standard InChI is InChI=1S/C14H22BrN3O2/c1-4-7-16-14(13(19)20,11-5-6-11)8-18-10(3)12(15)9(2)17-18/h11,16H,4-8H2,1-3H3,(H,19,20). The van der Waals surface area contributed by atoms with E-state index in [0.717, 1.165) is 35.1 Å². The molecule has 2 rings (SSSR count). The molecule has 1 unspecified atom stereocenters. The average molecular weight is 344 g/mol. The smallest absolute Gasteiger partial charge is 0.326 e. The van der Waals surface area contributed by atoms with E-state index in [-0.39, 0.29) is 5.92 Å². The lowest BCUT2D eigenvalue weighted by Crippen LogP contribution is -2.57. The molecule has 1 aromatic heterocycles. The molecule has 112 valence electrons. The number of carboxylic acid groups (broad SMARTS) is 1. The van der Waals surface area contributed by atoms with Crippen LogP contribution in [0.2, 0.25) is 0 Å². The van der Waals surface area contributed by atoms with Gasteiger partial charge in [-0.3, -0.25) is 9.48 Å². The molecule has 0 radical (unpaired) electrons. The van der Waals surface area contributed by atoms with Crippen LogP contribution in [0.4, 0.5) is 0 Å². The molecule has 1 fully saturated rings. The molecule has 1 atom stereocenters. The summed E-state index contributed by atoms with van der Waals surface area (Å²) in [5.74, 6) is -0.564. The van der Waals surface area contributed by atoms with Crippen molar-refractivity contribution in [2.45, 2.75) is 52.1 Å². The molecule has 0 spiro atoms. The van der Waals surface area contributed by atoms with Crippen LogP contribution in [0.25, 0.3) is 0 Å². The number of nitrogens with one attached hydrogen (secondary N) is 1. The Balaban J connectivity index is 2.31. The molecule has 20 heavy (non-hydrogen) atoms. The molecule has 0 aliphatic heterocycles. The summed E-state index contributed by atoms with van der Waals surface area (Å²) in [7, 11) is 0. The first kappa shape index (κ1) is 15.5. The second kappa shape index (κ2) is 5.85. The van der Waals surface area contributed by atoms with E-state index >= 15 is 0 Å². The first-order valence-electron chi connectivity index (χ1n) is 7.10. The van der Waals surface area contributed by atoms with Gasteiger partial charge in [-0.05, 0) is 61.5 Å². The number of aromatic nitrogens is 2. The van der Waals surface area contributed by atoms with Crippen LogP contribution in [-0.4, -0.2) is 32.9 Å². The second-order valence-electron chi connectivity index (χ2n) is 5.62. The molecule has 5 nitrogen and oxygen atoms in total. The zero-order valence-electron chi connectivity index (χ0n) is 12.2. The van der Waals surface area contributed by atoms with Gasteiger partial charge in [-0.15, -0.1) is 0 Å². The first-order chi connectivity index (χ1) is 9.42. The van der Waals surface area contributed by atoms with Crippen molar-refractivity contribution >= 4 is 21.9 Å². The van der Waals surface area contributed by atoms with Crippen LogP contribution in [-0.2, 0) is 11.3 Å². The SMILES string of the molecule is CCCNC(Cn1nc(C)c(Br)c1C)(C(=O)O)C1CC1. The highest BCUT2D eigenvalue weighted by molar-refractivity contribution is 9.10. The summed E-state index contributed by atoms with van der Waals surface area (Å²) in [6.07, 6.45) is 2.87. The van der Waals surface area contributed by atoms with Crippen LogP contribution in [0.1, 0.15) is 37.6 Å². The lowest BCUT2D eigenvalue weighted by Gasteiger charge is -2.31. The third kappa shape index (κ3) is 2.76. The fourth-order valence-electron chi connectivity index (χ4n) is 2.64. The van der Waals surface area contributed by atoms with Gasteiger partial charge in [0.15, 0.2) is 0 Å². The molecule has 0 amide bonds. The van der Waals surface area contributed by atoms with Crippen LogP contribution >= 0.6 is 15.9 Å². The summed E-state index contributed by atoms with van der Waals surface area (Å²) in [6, 6.07) is 0. The van der Waals surface area contributed by atoms with Gasteiger partial charge >= 0.3 is 5.97 Å². The third-order valence-corrected chi connectivity index (χ3v) is 5.19. The van der Waals surface area contributed by atoms with E-state index in [1.54, 1.807) is 0 Å². The fraction of sp³-hybridized carbons (Fsp3) is 0.714. The molecule has 0 bridgehead atoms. The Bertz CT molecular complexity index is 511. The van der Waals surface area contributed by atoms with Crippen molar-refractivity contribution in [1.29, 1.82) is 0 Å². The van der Waals surface area contributed by atoms with E-state index < -0.39 is 11.5 Å². The van der Waals surface area contributed by atoms with E-state index in [0.29, 0.717) is 13.1 Å². The maximum Gasteiger partial charge on any atom is 0.326 e. The third-order valence-electron chi connectivity index (χ3n) is 4.04. The first-order valence-corrected chi connectivity index (χ1v) is 7.89. The predicted molar refractivity (Wildman–Crippen MR) is 80.8 cm³/mol. The number of hydrogen-bond acceptors (Lipinski definition) is 3. The zero-order chi connectivity index (χ0) is 14.9. The Hall–Kier alpha value is -0.880. The number of aryl methyl sites for hydroxylation is 1. The van der Waals surface area contributed by atoms with Crippen LogP contribution in [0.3, 0.4) is 0 Å². The van der Waals surface area contributed by atoms with E-state index in [4.69, 9.17) is 0 Å². The maximum absolute atomic E-state index is 11.9. The van der Waals surface area contributed by atoms with Crippen molar-refractivity contribution in [3.8, 4) is 0 Å². The van der Waals surface area contributed by atoms with Gasteiger partial charge in [0, 0.05) is 5.69 Å². The van der Waals surface area contributed by atoms with Crippen LogP contribution in [0, 0.1) is 19.8 Å². The van der Waals surface area contributed by atoms with Crippen molar-refractivity contribution in [3.63, 3.8) is 0 Å². The Labute approximate surface area is 127 Å². The highest BCUT2D eigenvalue weighted by atomic mass is 79.9. The number of carboxylic acids is 1. The quantitative estimate of drug-likeness (QED) is 0.798. The monoisotopic (exact) mass is 343 g/mol. The minimum Gasteiger partial charge on any atom is -0.480 e. The Morgan fingerprint density at radius 1 is 1.55 bits per heavy atom. The number of aliphatic carboxylic acids is 1. The lowest BCUT2D eigenvalue weighted by atomic mass is 9.92. The summed E-state index contributed by atoms with van der Waals surface area (Å²) >= 11 is 3.50. The average Bonchev–Trinajstić information content (AvgIpc) is 3.21. The van der Waals surface area contributed by atoms with Crippen LogP contribution < -0.4 is 5.32 Å². The maximum atomic E-state index is 11.9. The number of nitrogens with zero attached hydrogens (tertiary/aromatic N) is 2. The molecule has 1 aliphatic carbocycles.